The highest BCUT2D eigenvalue weighted by molar-refractivity contribution is 6.38. The minimum Gasteiger partial charge on any atom is -0.308 e. The van der Waals surface area contributed by atoms with Gasteiger partial charge in [0.25, 0.3) is 0 Å². The summed E-state index contributed by atoms with van der Waals surface area (Å²) >= 11 is 6.84. The molecule has 0 radical (unpaired) electrons. The van der Waals surface area contributed by atoms with Gasteiger partial charge in [-0.05, 0) is 14.1 Å². The molecule has 0 aliphatic carbocycles. The number of fused-ring (bicyclic) bond motifs is 1. The van der Waals surface area contributed by atoms with Gasteiger partial charge in [0, 0.05) is 17.7 Å². The lowest BCUT2D eigenvalue weighted by Gasteiger charge is -2.09. The first kappa shape index (κ1) is 17.6. The fraction of sp³-hybridized carbons (Fsp3) is 0.190. The Morgan fingerprint density at radius 1 is 0.852 bits per heavy atom. The Morgan fingerprint density at radius 2 is 1.44 bits per heavy atom. The van der Waals surface area contributed by atoms with Crippen molar-refractivity contribution in [3.8, 4) is 22.5 Å². The van der Waals surface area contributed by atoms with Crippen molar-refractivity contribution >= 4 is 22.6 Å². The van der Waals surface area contributed by atoms with Crippen LogP contribution in [0.1, 0.15) is 0 Å². The van der Waals surface area contributed by atoms with Crippen molar-refractivity contribution in [3.05, 3.63) is 65.7 Å². The summed E-state index contributed by atoms with van der Waals surface area (Å²) < 4.78 is 1.89. The molecule has 5 nitrogen and oxygen atoms in total. The maximum absolute atomic E-state index is 6.84. The highest BCUT2D eigenvalue weighted by atomic mass is 35.5. The van der Waals surface area contributed by atoms with E-state index in [-0.39, 0.29) is 0 Å². The van der Waals surface area contributed by atoms with Crippen molar-refractivity contribution in [1.29, 1.82) is 0 Å². The van der Waals surface area contributed by atoms with Gasteiger partial charge in [0.1, 0.15) is 11.4 Å². The highest BCUT2D eigenvalue weighted by Gasteiger charge is 2.20. The second kappa shape index (κ2) is 7.47. The van der Waals surface area contributed by atoms with Crippen molar-refractivity contribution in [2.45, 2.75) is 6.54 Å². The average molecular weight is 378 g/mol. The summed E-state index contributed by atoms with van der Waals surface area (Å²) in [5, 5.41) is 15.2. The van der Waals surface area contributed by atoms with E-state index in [9.17, 15) is 0 Å². The Labute approximate surface area is 163 Å². The molecule has 0 bridgehead atoms. The zero-order valence-electron chi connectivity index (χ0n) is 15.3. The van der Waals surface area contributed by atoms with Crippen molar-refractivity contribution in [2.24, 2.45) is 0 Å². The van der Waals surface area contributed by atoms with Crippen LogP contribution < -0.4 is 0 Å². The Balaban J connectivity index is 1.94. The summed E-state index contributed by atoms with van der Waals surface area (Å²) in [7, 11) is 4.08. The van der Waals surface area contributed by atoms with Gasteiger partial charge in [0.05, 0.1) is 17.0 Å². The zero-order valence-corrected chi connectivity index (χ0v) is 16.1. The summed E-state index contributed by atoms with van der Waals surface area (Å²) in [6.07, 6.45) is 0. The predicted octanol–water partition coefficient (Wildman–Crippen LogP) is 4.38. The van der Waals surface area contributed by atoms with Crippen LogP contribution in [0.3, 0.4) is 0 Å². The molecule has 136 valence electrons. The molecule has 0 saturated carbocycles. The monoisotopic (exact) mass is 377 g/mol. The summed E-state index contributed by atoms with van der Waals surface area (Å²) in [6.45, 7) is 1.57. The van der Waals surface area contributed by atoms with Gasteiger partial charge in [-0.25, -0.2) is 4.68 Å². The van der Waals surface area contributed by atoms with E-state index in [0.29, 0.717) is 22.9 Å². The van der Waals surface area contributed by atoms with Crippen LogP contribution in [0, 0.1) is 0 Å². The molecule has 2 aromatic heterocycles. The minimum atomic E-state index is 0.584. The molecule has 27 heavy (non-hydrogen) atoms. The van der Waals surface area contributed by atoms with Crippen LogP contribution >= 0.6 is 11.6 Å². The van der Waals surface area contributed by atoms with Gasteiger partial charge in [0.15, 0.2) is 5.65 Å². The van der Waals surface area contributed by atoms with Gasteiger partial charge in [-0.1, -0.05) is 72.3 Å². The molecule has 4 aromatic rings. The summed E-state index contributed by atoms with van der Waals surface area (Å²) in [5.41, 5.74) is 4.17. The number of halogens is 1. The molecule has 2 heterocycles. The smallest absolute Gasteiger partial charge is 0.182 e. The summed E-state index contributed by atoms with van der Waals surface area (Å²) in [6, 6.07) is 20.0. The van der Waals surface area contributed by atoms with Crippen molar-refractivity contribution in [2.75, 3.05) is 20.6 Å². The normalized spacial score (nSPS) is 11.4. The van der Waals surface area contributed by atoms with E-state index >= 15 is 0 Å². The molecule has 0 aliphatic rings. The maximum atomic E-state index is 6.84. The largest absolute Gasteiger partial charge is 0.308 e. The van der Waals surface area contributed by atoms with E-state index in [2.05, 4.69) is 15.1 Å². The Kier molecular flexibility index (Phi) is 4.88. The lowest BCUT2D eigenvalue weighted by molar-refractivity contribution is 0.376. The van der Waals surface area contributed by atoms with E-state index in [0.717, 1.165) is 28.8 Å². The molecular formula is C21H20ClN5. The second-order valence-corrected chi connectivity index (χ2v) is 7.05. The summed E-state index contributed by atoms with van der Waals surface area (Å²) in [4.78, 5) is 2.11. The highest BCUT2D eigenvalue weighted by Crippen LogP contribution is 2.37. The van der Waals surface area contributed by atoms with E-state index in [1.165, 1.54) is 0 Å². The average Bonchev–Trinajstić information content (AvgIpc) is 3.08. The van der Waals surface area contributed by atoms with Crippen LogP contribution in [0.4, 0.5) is 0 Å². The van der Waals surface area contributed by atoms with E-state index < -0.39 is 0 Å². The molecule has 0 amide bonds. The SMILES string of the molecule is CN(C)CCn1nc(-c2ccccc2)c2c(Cl)c(-c3ccccc3)nnc21. The third-order valence-corrected chi connectivity index (χ3v) is 4.82. The van der Waals surface area contributed by atoms with Crippen LogP contribution in [0.5, 0.6) is 0 Å². The molecule has 0 spiro atoms. The molecule has 0 N–H and O–H groups in total. The van der Waals surface area contributed by atoms with E-state index in [1.54, 1.807) is 0 Å². The van der Waals surface area contributed by atoms with Crippen LogP contribution in [-0.2, 0) is 6.54 Å². The molecule has 0 unspecified atom stereocenters. The van der Waals surface area contributed by atoms with Crippen LogP contribution in [0.25, 0.3) is 33.5 Å². The number of aromatic nitrogens is 4. The molecule has 2 aromatic carbocycles. The number of rotatable bonds is 5. The van der Waals surface area contributed by atoms with Crippen LogP contribution in [0.2, 0.25) is 5.02 Å². The summed E-state index contributed by atoms with van der Waals surface area (Å²) in [5.74, 6) is 0. The van der Waals surface area contributed by atoms with E-state index in [1.807, 2.05) is 79.4 Å². The van der Waals surface area contributed by atoms with Gasteiger partial charge in [-0.2, -0.15) is 5.10 Å². The minimum absolute atomic E-state index is 0.584. The molecule has 0 saturated heterocycles. The molecule has 0 atom stereocenters. The van der Waals surface area contributed by atoms with Gasteiger partial charge in [0.2, 0.25) is 0 Å². The third kappa shape index (κ3) is 3.44. The number of benzene rings is 2. The lowest BCUT2D eigenvalue weighted by atomic mass is 10.1. The third-order valence-electron chi connectivity index (χ3n) is 4.45. The topological polar surface area (TPSA) is 46.8 Å². The van der Waals surface area contributed by atoms with Gasteiger partial charge in [-0.3, -0.25) is 0 Å². The first-order chi connectivity index (χ1) is 13.1. The Morgan fingerprint density at radius 3 is 2.04 bits per heavy atom. The Hall–Kier alpha value is -2.76. The predicted molar refractivity (Wildman–Crippen MR) is 110 cm³/mol. The van der Waals surface area contributed by atoms with Crippen molar-refractivity contribution < 1.29 is 0 Å². The van der Waals surface area contributed by atoms with E-state index in [4.69, 9.17) is 16.7 Å². The fourth-order valence-corrected chi connectivity index (χ4v) is 3.37. The molecule has 4 rings (SSSR count). The molecule has 0 aliphatic heterocycles. The van der Waals surface area contributed by atoms with Crippen molar-refractivity contribution in [1.82, 2.24) is 24.9 Å². The molecule has 6 heteroatoms. The number of nitrogens with zero attached hydrogens (tertiary/aromatic N) is 5. The number of hydrogen-bond donors (Lipinski definition) is 0. The standard InChI is InChI=1S/C21H20ClN5/c1-26(2)13-14-27-21-17(19(25-27)15-9-5-3-6-10-15)18(22)20(23-24-21)16-11-7-4-8-12-16/h3-12H,13-14H2,1-2H3. The van der Waals surface area contributed by atoms with Crippen LogP contribution in [0.15, 0.2) is 60.7 Å². The van der Waals surface area contributed by atoms with Gasteiger partial charge >= 0.3 is 0 Å². The first-order valence-corrected chi connectivity index (χ1v) is 9.21. The zero-order chi connectivity index (χ0) is 18.8. The second-order valence-electron chi connectivity index (χ2n) is 6.67. The van der Waals surface area contributed by atoms with Gasteiger partial charge < -0.3 is 4.90 Å². The number of likely N-dealkylation sites (N-methyl/N-ethyl adjacent to an activating group) is 1. The fourth-order valence-electron chi connectivity index (χ4n) is 3.05. The Bertz CT molecular complexity index is 1060. The quantitative estimate of drug-likeness (QED) is 0.518. The van der Waals surface area contributed by atoms with Crippen LogP contribution in [-0.4, -0.2) is 45.5 Å². The van der Waals surface area contributed by atoms with Crippen molar-refractivity contribution in [3.63, 3.8) is 0 Å². The number of hydrogen-bond acceptors (Lipinski definition) is 4. The lowest BCUT2D eigenvalue weighted by Crippen LogP contribution is -2.19. The molecule has 0 fully saturated rings. The molecular weight excluding hydrogens is 358 g/mol. The maximum Gasteiger partial charge on any atom is 0.182 e. The van der Waals surface area contributed by atoms with Gasteiger partial charge in [-0.15, -0.1) is 10.2 Å². The first-order valence-electron chi connectivity index (χ1n) is 8.83.